The van der Waals surface area contributed by atoms with Crippen molar-refractivity contribution in [3.8, 4) is 34.1 Å². The van der Waals surface area contributed by atoms with E-state index in [9.17, 15) is 0 Å². The zero-order valence-corrected chi connectivity index (χ0v) is 31.2. The fourth-order valence-corrected chi connectivity index (χ4v) is 11.0. The molecule has 1 spiro atoms. The van der Waals surface area contributed by atoms with Crippen molar-refractivity contribution in [2.75, 3.05) is 33.0 Å². The lowest BCUT2D eigenvalue weighted by atomic mass is 9.52. The fourth-order valence-electron chi connectivity index (χ4n) is 11.0. The van der Waals surface area contributed by atoms with Crippen LogP contribution < -0.4 is 24.1 Å². The molecule has 5 aromatic carbocycles. The van der Waals surface area contributed by atoms with Crippen LogP contribution >= 0.6 is 0 Å². The van der Waals surface area contributed by atoms with Gasteiger partial charge in [-0.2, -0.15) is 0 Å². The van der Waals surface area contributed by atoms with Crippen molar-refractivity contribution in [3.05, 3.63) is 118 Å². The Morgan fingerprint density at radius 2 is 1.37 bits per heavy atom. The minimum Gasteiger partial charge on any atom is -0.497 e. The molecule has 0 atom stereocenters. The molecule has 0 radical (unpaired) electrons. The summed E-state index contributed by atoms with van der Waals surface area (Å²) in [7, 11) is 4.99. The van der Waals surface area contributed by atoms with Crippen LogP contribution in [0.5, 0.6) is 23.0 Å². The molecule has 0 unspecified atom stereocenters. The largest absolute Gasteiger partial charge is 0.497 e. The van der Waals surface area contributed by atoms with E-state index in [-0.39, 0.29) is 22.8 Å². The first-order chi connectivity index (χ1) is 24.9. The summed E-state index contributed by atoms with van der Waals surface area (Å²) in [5.74, 6) is 2.86. The highest BCUT2D eigenvalue weighted by atomic mass is 19.2. The van der Waals surface area contributed by atoms with Crippen molar-refractivity contribution in [1.29, 1.82) is 0 Å². The van der Waals surface area contributed by atoms with Gasteiger partial charge in [0.05, 0.1) is 27.9 Å². The van der Waals surface area contributed by atoms with E-state index in [4.69, 9.17) is 18.9 Å². The molecule has 6 heteroatoms. The van der Waals surface area contributed by atoms with Gasteiger partial charge in [0.2, 0.25) is 0 Å². The lowest BCUT2D eigenvalue weighted by Gasteiger charge is -2.52. The van der Waals surface area contributed by atoms with Gasteiger partial charge in [-0.25, -0.2) is 5.12 Å². The molecular formula is C46H46FNO4. The van der Waals surface area contributed by atoms with Gasteiger partial charge in [0, 0.05) is 27.5 Å². The van der Waals surface area contributed by atoms with Gasteiger partial charge in [-0.3, -0.25) is 0 Å². The summed E-state index contributed by atoms with van der Waals surface area (Å²) >= 11 is 0. The summed E-state index contributed by atoms with van der Waals surface area (Å²) in [6.07, 6.45) is 8.28. The van der Waals surface area contributed by atoms with Gasteiger partial charge < -0.3 is 18.9 Å². The number of benzene rings is 5. The third-order valence-electron chi connectivity index (χ3n) is 12.1. The van der Waals surface area contributed by atoms with Crippen LogP contribution in [0.15, 0.2) is 84.9 Å². The molecule has 0 bridgehead atoms. The lowest BCUT2D eigenvalue weighted by Crippen LogP contribution is -2.44. The predicted octanol–water partition coefficient (Wildman–Crippen LogP) is 11.0. The Balaban J connectivity index is 1.42. The molecule has 266 valence electrons. The quantitative estimate of drug-likeness (QED) is 0.171. The first kappa shape index (κ1) is 32.9. The van der Waals surface area contributed by atoms with Crippen LogP contribution in [-0.2, 0) is 17.4 Å². The summed E-state index contributed by atoms with van der Waals surface area (Å²) in [4.78, 5) is 0. The summed E-state index contributed by atoms with van der Waals surface area (Å²) in [5.41, 5.74) is 8.65. The summed E-state index contributed by atoms with van der Waals surface area (Å²) in [6.45, 7) is 10.00. The monoisotopic (exact) mass is 695 g/mol. The number of fused-ring (bicyclic) bond motifs is 12. The number of hydrogen-bond donors (Lipinski definition) is 0. The topological polar surface area (TPSA) is 40.2 Å². The number of anilines is 1. The Hall–Kier alpha value is -4.97. The standard InChI is InChI=1S/C46H46FNO4/c1-43(2)25-44(3,4)27-45(26-43)36-11-9-8-10-32(36)39-38-33-21-23-48(47)41(33)37(51-7)24-35(38)42-34(40(39)45)20-22-46(52-42,28-12-16-30(49-5)17-13-28)29-14-18-31(50-6)19-15-29/h8-20,22,24H,21,23,25-27H2,1-7H3. The predicted molar refractivity (Wildman–Crippen MR) is 207 cm³/mol. The van der Waals surface area contributed by atoms with Gasteiger partial charge in [-0.15, -0.1) is 0 Å². The van der Waals surface area contributed by atoms with E-state index in [1.54, 1.807) is 21.3 Å². The molecule has 5 nitrogen and oxygen atoms in total. The van der Waals surface area contributed by atoms with Gasteiger partial charge in [0.1, 0.15) is 28.7 Å². The minimum absolute atomic E-state index is 0.0884. The Bertz CT molecular complexity index is 2220. The van der Waals surface area contributed by atoms with E-state index >= 15 is 4.48 Å². The van der Waals surface area contributed by atoms with Crippen LogP contribution in [0.25, 0.3) is 28.0 Å². The summed E-state index contributed by atoms with van der Waals surface area (Å²) in [6, 6.07) is 27.3. The highest BCUT2D eigenvalue weighted by Crippen LogP contribution is 2.67. The third kappa shape index (κ3) is 4.58. The summed E-state index contributed by atoms with van der Waals surface area (Å²) < 4.78 is 40.6. The van der Waals surface area contributed by atoms with Gasteiger partial charge in [-0.1, -0.05) is 86.8 Å². The number of rotatable bonds is 5. The zero-order chi connectivity index (χ0) is 36.2. The van der Waals surface area contributed by atoms with Gasteiger partial charge in [-0.05, 0) is 106 Å². The van der Waals surface area contributed by atoms with Crippen LogP contribution in [0.2, 0.25) is 0 Å². The highest BCUT2D eigenvalue weighted by Gasteiger charge is 2.56. The average Bonchev–Trinajstić information content (AvgIpc) is 3.65. The van der Waals surface area contributed by atoms with Crippen molar-refractivity contribution >= 4 is 22.5 Å². The number of ether oxygens (including phenoxy) is 4. The second-order valence-electron chi connectivity index (χ2n) is 16.8. The molecule has 2 heterocycles. The number of methoxy groups -OCH3 is 3. The number of nitrogens with zero attached hydrogens (tertiary/aromatic N) is 1. The van der Waals surface area contributed by atoms with Crippen LogP contribution in [0.3, 0.4) is 0 Å². The van der Waals surface area contributed by atoms with Gasteiger partial charge in [0.15, 0.2) is 5.60 Å². The summed E-state index contributed by atoms with van der Waals surface area (Å²) in [5, 5.41) is 2.88. The van der Waals surface area contributed by atoms with E-state index in [1.165, 1.54) is 22.3 Å². The average molecular weight is 696 g/mol. The van der Waals surface area contributed by atoms with Crippen molar-refractivity contribution in [2.45, 2.75) is 64.4 Å². The van der Waals surface area contributed by atoms with Crippen LogP contribution in [0.4, 0.5) is 10.2 Å². The Morgan fingerprint density at radius 3 is 1.96 bits per heavy atom. The molecule has 0 saturated heterocycles. The Labute approximate surface area is 305 Å². The molecular weight excluding hydrogens is 650 g/mol. The molecule has 2 aliphatic heterocycles. The minimum atomic E-state index is -0.977. The molecule has 2 aliphatic carbocycles. The van der Waals surface area contributed by atoms with Gasteiger partial charge in [0.25, 0.3) is 0 Å². The highest BCUT2D eigenvalue weighted by molar-refractivity contribution is 6.12. The molecule has 5 aromatic rings. The maximum Gasteiger partial charge on any atom is 0.178 e. The maximum absolute atomic E-state index is 15.8. The lowest BCUT2D eigenvalue weighted by molar-refractivity contribution is 0.0642. The Morgan fingerprint density at radius 1 is 0.750 bits per heavy atom. The number of hydrogen-bond acceptors (Lipinski definition) is 5. The van der Waals surface area contributed by atoms with E-state index < -0.39 is 5.60 Å². The molecule has 52 heavy (non-hydrogen) atoms. The molecule has 0 N–H and O–H groups in total. The molecule has 1 fully saturated rings. The second-order valence-corrected chi connectivity index (χ2v) is 16.8. The normalized spacial score (nSPS) is 19.4. The van der Waals surface area contributed by atoms with E-state index in [0.717, 1.165) is 74.7 Å². The van der Waals surface area contributed by atoms with E-state index in [1.807, 2.05) is 30.3 Å². The van der Waals surface area contributed by atoms with E-state index in [0.29, 0.717) is 17.9 Å². The first-order valence-corrected chi connectivity index (χ1v) is 18.4. The van der Waals surface area contributed by atoms with Crippen LogP contribution in [0, 0.1) is 10.8 Å². The van der Waals surface area contributed by atoms with Crippen LogP contribution in [-0.4, -0.2) is 27.9 Å². The van der Waals surface area contributed by atoms with E-state index in [2.05, 4.69) is 88.4 Å². The fraction of sp³-hybridized carbons (Fsp3) is 0.348. The smallest absolute Gasteiger partial charge is 0.178 e. The molecule has 1 saturated carbocycles. The SMILES string of the molecule is COc1ccc(C2(c3ccc(OC)cc3)C=Cc3c4c(c5c6c(c(OC)cc5c3O2)N(F)CC6)-c2ccccc2C42CC(C)(C)CC(C)(C)C2)cc1. The van der Waals surface area contributed by atoms with Crippen molar-refractivity contribution in [1.82, 2.24) is 0 Å². The van der Waals surface area contributed by atoms with Crippen molar-refractivity contribution < 1.29 is 23.4 Å². The molecule has 4 aliphatic rings. The second kappa shape index (κ2) is 11.3. The number of halogens is 1. The Kier molecular flexibility index (Phi) is 7.13. The maximum atomic E-state index is 15.8. The first-order valence-electron chi connectivity index (χ1n) is 18.4. The molecule has 0 amide bonds. The molecule has 0 aromatic heterocycles. The molecule has 9 rings (SSSR count). The van der Waals surface area contributed by atoms with Crippen LogP contribution in [0.1, 0.15) is 80.3 Å². The van der Waals surface area contributed by atoms with Crippen molar-refractivity contribution in [2.24, 2.45) is 10.8 Å². The van der Waals surface area contributed by atoms with Gasteiger partial charge >= 0.3 is 0 Å². The zero-order valence-electron chi connectivity index (χ0n) is 31.2. The van der Waals surface area contributed by atoms with Crippen molar-refractivity contribution in [3.63, 3.8) is 0 Å². The third-order valence-corrected chi connectivity index (χ3v) is 12.1.